The van der Waals surface area contributed by atoms with Crippen molar-refractivity contribution in [2.24, 2.45) is 0 Å². The van der Waals surface area contributed by atoms with E-state index in [4.69, 9.17) is 27.9 Å². The van der Waals surface area contributed by atoms with Gasteiger partial charge in [-0.3, -0.25) is 4.79 Å². The minimum atomic E-state index is -2.25. The molecule has 2 aromatic rings. The van der Waals surface area contributed by atoms with Crippen molar-refractivity contribution in [2.45, 2.75) is 30.5 Å². The predicted octanol–water partition coefficient (Wildman–Crippen LogP) is 4.36. The van der Waals surface area contributed by atoms with Crippen molar-refractivity contribution < 1.29 is 9.53 Å². The molecule has 0 unspecified atom stereocenters. The molecule has 0 N–H and O–H groups in total. The number of rotatable bonds is 5. The molecule has 1 aliphatic carbocycles. The fraction of sp³-hybridized carbons (Fsp3) is 0.286. The maximum Gasteiger partial charge on any atom is 0.197 e. The van der Waals surface area contributed by atoms with E-state index in [-0.39, 0.29) is 5.78 Å². The standard InChI is InChI=1S/C21H24Cl2O2Si2/c1-25-15-11-13-17(14-12-15)26(2,3)18-19(24)21(22,23)20(18)27(4,5)16-9-7-6-8-10-16/h6-14H,1-5H3. The number of ketones is 1. The maximum absolute atomic E-state index is 13.0. The molecule has 142 valence electrons. The second kappa shape index (κ2) is 6.92. The number of hydrogen-bond donors (Lipinski definition) is 0. The summed E-state index contributed by atoms with van der Waals surface area (Å²) in [4.78, 5) is 13.0. The van der Waals surface area contributed by atoms with E-state index in [0.717, 1.165) is 16.1 Å². The Hall–Kier alpha value is -1.34. The molecule has 0 heterocycles. The molecule has 2 aromatic carbocycles. The van der Waals surface area contributed by atoms with E-state index in [1.807, 2.05) is 30.3 Å². The number of carbonyl (C=O) groups excluding carboxylic acids is 1. The molecule has 0 spiro atoms. The van der Waals surface area contributed by atoms with E-state index < -0.39 is 20.5 Å². The Bertz CT molecular complexity index is 902. The van der Waals surface area contributed by atoms with Gasteiger partial charge in [0.25, 0.3) is 0 Å². The third-order valence-corrected chi connectivity index (χ3v) is 14.1. The molecule has 3 rings (SSSR count). The normalized spacial score (nSPS) is 16.9. The topological polar surface area (TPSA) is 26.3 Å². The lowest BCUT2D eigenvalue weighted by molar-refractivity contribution is -0.116. The summed E-state index contributed by atoms with van der Waals surface area (Å²) in [5.74, 6) is 0.686. The Morgan fingerprint density at radius 1 is 0.815 bits per heavy atom. The molecular weight excluding hydrogens is 411 g/mol. The Labute approximate surface area is 173 Å². The molecule has 27 heavy (non-hydrogen) atoms. The van der Waals surface area contributed by atoms with Crippen molar-refractivity contribution in [2.75, 3.05) is 7.11 Å². The summed E-state index contributed by atoms with van der Waals surface area (Å²) in [6, 6.07) is 18.3. The molecule has 0 radical (unpaired) electrons. The van der Waals surface area contributed by atoms with Gasteiger partial charge in [-0.15, -0.1) is 0 Å². The number of benzene rings is 2. The Kier molecular flexibility index (Phi) is 5.23. The Morgan fingerprint density at radius 3 is 1.85 bits per heavy atom. The van der Waals surface area contributed by atoms with Gasteiger partial charge in [0.05, 0.1) is 7.11 Å². The van der Waals surface area contributed by atoms with E-state index in [9.17, 15) is 4.79 Å². The van der Waals surface area contributed by atoms with Crippen molar-refractivity contribution in [3.05, 3.63) is 65.0 Å². The maximum atomic E-state index is 13.0. The quantitative estimate of drug-likeness (QED) is 0.515. The van der Waals surface area contributed by atoms with Gasteiger partial charge in [0.15, 0.2) is 10.1 Å². The van der Waals surface area contributed by atoms with Crippen LogP contribution in [0.15, 0.2) is 65.0 Å². The smallest absolute Gasteiger partial charge is 0.197 e. The average molecular weight is 435 g/mol. The SMILES string of the molecule is COc1ccc([Si](C)(C)C2=C([Si](C)(C)c3ccccc3)C(Cl)(Cl)C2=O)cc1. The predicted molar refractivity (Wildman–Crippen MR) is 120 cm³/mol. The lowest BCUT2D eigenvalue weighted by Gasteiger charge is -2.47. The summed E-state index contributed by atoms with van der Waals surface area (Å²) in [7, 11) is -2.79. The van der Waals surface area contributed by atoms with Crippen LogP contribution in [0.25, 0.3) is 0 Å². The van der Waals surface area contributed by atoms with E-state index in [1.54, 1.807) is 7.11 Å². The molecule has 1 aliphatic rings. The minimum Gasteiger partial charge on any atom is -0.497 e. The highest BCUT2D eigenvalue weighted by atomic mass is 35.5. The summed E-state index contributed by atoms with van der Waals surface area (Å²) in [6.45, 7) is 8.84. The number of halogens is 2. The van der Waals surface area contributed by atoms with Crippen LogP contribution in [0, 0.1) is 0 Å². The number of hydrogen-bond acceptors (Lipinski definition) is 2. The van der Waals surface area contributed by atoms with Gasteiger partial charge in [-0.05, 0) is 22.5 Å². The van der Waals surface area contributed by atoms with Crippen LogP contribution in [0.1, 0.15) is 0 Å². The van der Waals surface area contributed by atoms with Crippen molar-refractivity contribution in [1.29, 1.82) is 0 Å². The van der Waals surface area contributed by atoms with Crippen LogP contribution in [-0.2, 0) is 4.79 Å². The molecular formula is C21H24Cl2O2Si2. The third-order valence-electron chi connectivity index (χ3n) is 5.63. The largest absolute Gasteiger partial charge is 0.497 e. The number of ether oxygens (including phenoxy) is 1. The summed E-state index contributed by atoms with van der Waals surface area (Å²) >= 11 is 13.2. The molecule has 6 heteroatoms. The average Bonchev–Trinajstić information content (AvgIpc) is 2.65. The molecule has 2 nitrogen and oxygen atoms in total. The lowest BCUT2D eigenvalue weighted by Crippen LogP contribution is -2.64. The van der Waals surface area contributed by atoms with E-state index in [0.29, 0.717) is 0 Å². The van der Waals surface area contributed by atoms with Gasteiger partial charge in [-0.1, -0.05) is 102 Å². The highest BCUT2D eigenvalue weighted by Crippen LogP contribution is 2.51. The molecule has 0 saturated carbocycles. The molecule has 0 bridgehead atoms. The van der Waals surface area contributed by atoms with Crippen LogP contribution in [0.5, 0.6) is 5.75 Å². The Morgan fingerprint density at radius 2 is 1.33 bits per heavy atom. The van der Waals surface area contributed by atoms with Gasteiger partial charge < -0.3 is 4.74 Å². The van der Waals surface area contributed by atoms with Crippen molar-refractivity contribution in [1.82, 2.24) is 0 Å². The minimum absolute atomic E-state index is 0.121. The fourth-order valence-corrected chi connectivity index (χ4v) is 13.7. The molecule has 0 aliphatic heterocycles. The number of Topliss-reactive ketones (excluding diaryl/α,β-unsaturated/α-hetero) is 1. The fourth-order valence-electron chi connectivity index (χ4n) is 3.93. The second-order valence-corrected chi connectivity index (χ2v) is 18.0. The number of carbonyl (C=O) groups is 1. The first kappa shape index (κ1) is 20.4. The van der Waals surface area contributed by atoms with Crippen molar-refractivity contribution in [3.8, 4) is 5.75 Å². The highest BCUT2D eigenvalue weighted by molar-refractivity contribution is 7.08. The highest BCUT2D eigenvalue weighted by Gasteiger charge is 2.60. The van der Waals surface area contributed by atoms with Gasteiger partial charge in [0.2, 0.25) is 0 Å². The van der Waals surface area contributed by atoms with Crippen LogP contribution in [0.3, 0.4) is 0 Å². The van der Waals surface area contributed by atoms with Crippen LogP contribution in [-0.4, -0.2) is 33.4 Å². The van der Waals surface area contributed by atoms with Gasteiger partial charge in [-0.25, -0.2) is 0 Å². The second-order valence-electron chi connectivity index (χ2n) is 8.00. The summed E-state index contributed by atoms with van der Waals surface area (Å²) < 4.78 is 3.87. The summed E-state index contributed by atoms with van der Waals surface area (Å²) in [6.07, 6.45) is 0. The van der Waals surface area contributed by atoms with Gasteiger partial charge in [0, 0.05) is 0 Å². The monoisotopic (exact) mass is 434 g/mol. The van der Waals surface area contributed by atoms with Crippen molar-refractivity contribution >= 4 is 55.5 Å². The zero-order chi connectivity index (χ0) is 20.0. The van der Waals surface area contributed by atoms with Crippen LogP contribution >= 0.6 is 23.2 Å². The number of allylic oxidation sites excluding steroid dienone is 2. The molecule has 0 saturated heterocycles. The zero-order valence-electron chi connectivity index (χ0n) is 16.3. The first-order valence-electron chi connectivity index (χ1n) is 8.93. The summed E-state index contributed by atoms with van der Waals surface area (Å²) in [5, 5.41) is 4.27. The van der Waals surface area contributed by atoms with Gasteiger partial charge >= 0.3 is 0 Å². The van der Waals surface area contributed by atoms with Crippen LogP contribution in [0.2, 0.25) is 26.2 Å². The van der Waals surface area contributed by atoms with Gasteiger partial charge in [0.1, 0.15) is 21.9 Å². The van der Waals surface area contributed by atoms with Crippen LogP contribution < -0.4 is 15.1 Å². The lowest BCUT2D eigenvalue weighted by atomic mass is 10.1. The first-order chi connectivity index (χ1) is 12.5. The molecule has 0 amide bonds. The molecule has 0 atom stereocenters. The van der Waals surface area contributed by atoms with Crippen LogP contribution in [0.4, 0.5) is 0 Å². The van der Waals surface area contributed by atoms with Crippen molar-refractivity contribution in [3.63, 3.8) is 0 Å². The third kappa shape index (κ3) is 3.23. The zero-order valence-corrected chi connectivity index (χ0v) is 19.8. The summed E-state index contributed by atoms with van der Waals surface area (Å²) in [5.41, 5.74) is 0. The van der Waals surface area contributed by atoms with Gasteiger partial charge in [-0.2, -0.15) is 0 Å². The molecule has 0 fully saturated rings. The number of alkyl halides is 2. The molecule has 0 aromatic heterocycles. The van der Waals surface area contributed by atoms with E-state index in [2.05, 4.69) is 50.5 Å². The van der Waals surface area contributed by atoms with E-state index in [1.165, 1.54) is 10.4 Å². The van der Waals surface area contributed by atoms with E-state index >= 15 is 0 Å². The number of methoxy groups -OCH3 is 1. The Balaban J connectivity index is 2.17. The first-order valence-corrected chi connectivity index (χ1v) is 15.7.